The molecule has 1 spiro atoms. The number of halogens is 3. The zero-order valence-electron chi connectivity index (χ0n) is 19.7. The summed E-state index contributed by atoms with van der Waals surface area (Å²) in [5, 5.41) is 26.8. The minimum absolute atomic E-state index is 0.128. The quantitative estimate of drug-likeness (QED) is 0.548. The number of benzene rings is 1. The fourth-order valence-electron chi connectivity index (χ4n) is 5.89. The molecule has 2 saturated carbocycles. The van der Waals surface area contributed by atoms with E-state index in [-0.39, 0.29) is 28.9 Å². The molecule has 36 heavy (non-hydrogen) atoms. The number of alkyl halides is 3. The van der Waals surface area contributed by atoms with Crippen LogP contribution >= 0.6 is 0 Å². The maximum atomic E-state index is 12.8. The number of likely N-dealkylation sites (tertiary alicyclic amines) is 1. The molecular weight excluding hydrogens is 473 g/mol. The molecule has 1 aliphatic heterocycles. The number of nitrogens with two attached hydrogens (primary N) is 1. The second-order valence-corrected chi connectivity index (χ2v) is 10.5. The molecule has 0 radical (unpaired) electrons. The lowest BCUT2D eigenvalue weighted by atomic mass is 9.62. The van der Waals surface area contributed by atoms with Crippen LogP contribution in [0.3, 0.4) is 0 Å². The van der Waals surface area contributed by atoms with Crippen LogP contribution in [-0.4, -0.2) is 51.0 Å². The zero-order chi connectivity index (χ0) is 25.7. The predicted molar refractivity (Wildman–Crippen MR) is 125 cm³/mol. The highest BCUT2D eigenvalue weighted by molar-refractivity contribution is 5.98. The van der Waals surface area contributed by atoms with Crippen LogP contribution < -0.4 is 11.1 Å². The van der Waals surface area contributed by atoms with Gasteiger partial charge in [0.15, 0.2) is 11.9 Å². The molecule has 1 aromatic heterocycles. The van der Waals surface area contributed by atoms with E-state index in [0.29, 0.717) is 17.1 Å². The Kier molecular flexibility index (Phi) is 6.21. The second-order valence-electron chi connectivity index (χ2n) is 10.5. The van der Waals surface area contributed by atoms with Gasteiger partial charge in [-0.25, -0.2) is 0 Å². The lowest BCUT2D eigenvalue weighted by Crippen LogP contribution is -2.63. The molecule has 5 rings (SSSR count). The maximum Gasteiger partial charge on any atom is 0.418 e. The first-order chi connectivity index (χ1) is 17.1. The Morgan fingerprint density at radius 2 is 1.94 bits per heavy atom. The van der Waals surface area contributed by atoms with Gasteiger partial charge in [-0.05, 0) is 55.2 Å². The second kappa shape index (κ2) is 9.09. The van der Waals surface area contributed by atoms with Crippen LogP contribution in [0.1, 0.15) is 66.6 Å². The van der Waals surface area contributed by atoms with Crippen molar-refractivity contribution in [2.75, 3.05) is 18.4 Å². The average Bonchev–Trinajstić information content (AvgIpc) is 3.20. The Hall–Kier alpha value is -3.10. The zero-order valence-corrected chi connectivity index (χ0v) is 19.7. The molecule has 3 aliphatic rings. The molecule has 1 saturated heterocycles. The molecule has 4 atom stereocenters. The van der Waals surface area contributed by atoms with E-state index in [1.807, 2.05) is 0 Å². The first kappa shape index (κ1) is 24.6. The number of nitrogens with one attached hydrogen (secondary N) is 1. The van der Waals surface area contributed by atoms with Gasteiger partial charge < -0.3 is 16.2 Å². The van der Waals surface area contributed by atoms with Crippen molar-refractivity contribution in [3.63, 3.8) is 0 Å². The third-order valence-corrected chi connectivity index (χ3v) is 8.10. The van der Waals surface area contributed by atoms with Crippen molar-refractivity contribution in [2.24, 2.45) is 17.1 Å². The minimum Gasteiger partial charge on any atom is -0.379 e. The average molecular weight is 503 g/mol. The summed E-state index contributed by atoms with van der Waals surface area (Å²) in [5.74, 6) is -0.806. The molecule has 4 N–H and O–H groups in total. The molecule has 2 aromatic rings. The summed E-state index contributed by atoms with van der Waals surface area (Å²) in [4.78, 5) is 14.6. The first-order valence-corrected chi connectivity index (χ1v) is 12.2. The van der Waals surface area contributed by atoms with E-state index in [9.17, 15) is 28.3 Å². The van der Waals surface area contributed by atoms with Gasteiger partial charge >= 0.3 is 6.18 Å². The van der Waals surface area contributed by atoms with Crippen LogP contribution in [0.15, 0.2) is 30.5 Å². The van der Waals surface area contributed by atoms with E-state index in [0.717, 1.165) is 44.5 Å². The highest BCUT2D eigenvalue weighted by atomic mass is 19.4. The number of primary amides is 1. The predicted octanol–water partition coefficient (Wildman–Crippen LogP) is 4.04. The number of nitriles is 1. The van der Waals surface area contributed by atoms with Crippen molar-refractivity contribution in [2.45, 2.75) is 62.9 Å². The van der Waals surface area contributed by atoms with Gasteiger partial charge in [0, 0.05) is 31.0 Å². The number of hydrogen-bond donors (Lipinski definition) is 3. The molecule has 192 valence electrons. The van der Waals surface area contributed by atoms with Crippen molar-refractivity contribution >= 4 is 17.4 Å². The Morgan fingerprint density at radius 3 is 2.50 bits per heavy atom. The number of rotatable bonds is 6. The molecule has 2 aliphatic carbocycles. The van der Waals surface area contributed by atoms with E-state index in [1.165, 1.54) is 37.6 Å². The van der Waals surface area contributed by atoms with Gasteiger partial charge in [0.25, 0.3) is 5.91 Å². The summed E-state index contributed by atoms with van der Waals surface area (Å²) < 4.78 is 39.9. The maximum absolute atomic E-state index is 12.8. The van der Waals surface area contributed by atoms with E-state index in [2.05, 4.69) is 21.4 Å². The SMILES string of the molecule is N#C[C@H]1C[C@H](N2CC3(CCC3)C2)CC[C@@H]1n1cc(C(N)=O)c(Nc2ccc([C@@H](O)C(F)(F)F)cc2)n1. The van der Waals surface area contributed by atoms with E-state index in [4.69, 9.17) is 5.73 Å². The Labute approximate surface area is 206 Å². The van der Waals surface area contributed by atoms with Gasteiger partial charge in [-0.3, -0.25) is 14.4 Å². The van der Waals surface area contributed by atoms with Crippen LogP contribution in [0.4, 0.5) is 24.7 Å². The lowest BCUT2D eigenvalue weighted by molar-refractivity contribution is -0.206. The number of amides is 1. The van der Waals surface area contributed by atoms with Crippen molar-refractivity contribution < 1.29 is 23.1 Å². The van der Waals surface area contributed by atoms with Gasteiger partial charge in [0.05, 0.1) is 18.0 Å². The molecule has 3 fully saturated rings. The molecule has 2 heterocycles. The summed E-state index contributed by atoms with van der Waals surface area (Å²) in [6.07, 6.45) is 0.558. The number of aliphatic hydroxyl groups is 1. The van der Waals surface area contributed by atoms with Gasteiger partial charge in [-0.15, -0.1) is 0 Å². The summed E-state index contributed by atoms with van der Waals surface area (Å²) in [6, 6.07) is 7.63. The number of carbonyl (C=O) groups excluding carboxylic acids is 1. The van der Waals surface area contributed by atoms with Crippen LogP contribution in [-0.2, 0) is 0 Å². The largest absolute Gasteiger partial charge is 0.418 e. The van der Waals surface area contributed by atoms with Crippen LogP contribution in [0.25, 0.3) is 0 Å². The van der Waals surface area contributed by atoms with Crippen LogP contribution in [0.2, 0.25) is 0 Å². The highest BCUT2D eigenvalue weighted by Crippen LogP contribution is 2.50. The number of aliphatic hydroxyl groups excluding tert-OH is 1. The normalized spacial score (nSPS) is 26.5. The third-order valence-electron chi connectivity index (χ3n) is 8.10. The van der Waals surface area contributed by atoms with Crippen LogP contribution in [0, 0.1) is 22.7 Å². The fourth-order valence-corrected chi connectivity index (χ4v) is 5.89. The topological polar surface area (TPSA) is 120 Å². The van der Waals surface area contributed by atoms with Gasteiger partial charge in [-0.1, -0.05) is 18.6 Å². The fraction of sp³-hybridized carbons (Fsp3) is 0.560. The van der Waals surface area contributed by atoms with Crippen molar-refractivity contribution in [1.82, 2.24) is 14.7 Å². The van der Waals surface area contributed by atoms with E-state index >= 15 is 0 Å². The van der Waals surface area contributed by atoms with E-state index in [1.54, 1.807) is 4.68 Å². The summed E-state index contributed by atoms with van der Waals surface area (Å²) in [6.45, 7) is 2.25. The molecule has 8 nitrogen and oxygen atoms in total. The summed E-state index contributed by atoms with van der Waals surface area (Å²) >= 11 is 0. The van der Waals surface area contributed by atoms with Crippen molar-refractivity contribution in [3.8, 4) is 6.07 Å². The van der Waals surface area contributed by atoms with E-state index < -0.39 is 18.2 Å². The summed E-state index contributed by atoms with van der Waals surface area (Å²) in [7, 11) is 0. The Morgan fingerprint density at radius 1 is 1.25 bits per heavy atom. The molecule has 11 heteroatoms. The molecule has 1 aromatic carbocycles. The third kappa shape index (κ3) is 4.55. The number of aromatic nitrogens is 2. The Bertz CT molecular complexity index is 1160. The molecule has 0 bridgehead atoms. The molecule has 0 unspecified atom stereocenters. The number of nitrogens with zero attached hydrogens (tertiary/aromatic N) is 4. The number of hydrogen-bond acceptors (Lipinski definition) is 6. The van der Waals surface area contributed by atoms with Crippen LogP contribution in [0.5, 0.6) is 0 Å². The van der Waals surface area contributed by atoms with Gasteiger partial charge in [-0.2, -0.15) is 23.5 Å². The van der Waals surface area contributed by atoms with Gasteiger partial charge in [0.1, 0.15) is 5.56 Å². The first-order valence-electron chi connectivity index (χ1n) is 12.2. The van der Waals surface area contributed by atoms with Crippen molar-refractivity contribution in [1.29, 1.82) is 5.26 Å². The monoisotopic (exact) mass is 502 g/mol. The minimum atomic E-state index is -4.77. The standard InChI is InChI=1S/C25H29F3N6O2/c26-25(27,28)21(35)15-2-4-17(5-3-15)31-23-19(22(30)36)12-34(32-23)20-7-6-18(10-16(20)11-29)33-13-24(14-33)8-1-9-24/h2-5,12,16,18,20-21,35H,1,6-10,13-14H2,(H2,30,36)(H,31,32)/t16-,18-,20+,21-/m1/s1. The van der Waals surface area contributed by atoms with Crippen molar-refractivity contribution in [3.05, 3.63) is 41.6 Å². The smallest absolute Gasteiger partial charge is 0.379 e. The molecular formula is C25H29F3N6O2. The molecule has 1 amide bonds. The number of anilines is 2. The lowest BCUT2D eigenvalue weighted by Gasteiger charge is -2.59. The van der Waals surface area contributed by atoms with Gasteiger partial charge in [0.2, 0.25) is 0 Å². The number of carbonyl (C=O) groups is 1. The summed E-state index contributed by atoms with van der Waals surface area (Å²) in [5.41, 5.74) is 6.30. The Balaban J connectivity index is 1.29. The highest BCUT2D eigenvalue weighted by Gasteiger charge is 2.50.